The number of carbonyl (C=O) groups is 2. The molecule has 34 heavy (non-hydrogen) atoms. The van der Waals surface area contributed by atoms with Gasteiger partial charge in [0.2, 0.25) is 11.8 Å². The van der Waals surface area contributed by atoms with Crippen LogP contribution in [0.4, 0.5) is 0 Å². The molecule has 1 heterocycles. The molecule has 182 valence electrons. The summed E-state index contributed by atoms with van der Waals surface area (Å²) in [6, 6.07) is 9.67. The lowest BCUT2D eigenvalue weighted by molar-refractivity contribution is -0.137. The lowest BCUT2D eigenvalue weighted by Gasteiger charge is -2.30. The number of rotatable bonds is 7. The Hall–Kier alpha value is -1.50. The van der Waals surface area contributed by atoms with Crippen LogP contribution in [-0.2, 0) is 21.4 Å². The van der Waals surface area contributed by atoms with Crippen molar-refractivity contribution in [2.24, 2.45) is 0 Å². The van der Waals surface area contributed by atoms with Crippen LogP contribution >= 0.6 is 46.4 Å². The van der Waals surface area contributed by atoms with Gasteiger partial charge in [0.1, 0.15) is 6.04 Å². The quantitative estimate of drug-likeness (QED) is 0.521. The summed E-state index contributed by atoms with van der Waals surface area (Å²) in [5, 5.41) is 4.98. The zero-order valence-corrected chi connectivity index (χ0v) is 22.1. The van der Waals surface area contributed by atoms with Crippen molar-refractivity contribution in [2.45, 2.75) is 43.2 Å². The topological polar surface area (TPSA) is 52.6 Å². The van der Waals surface area contributed by atoms with Crippen molar-refractivity contribution in [3.63, 3.8) is 0 Å². The first-order chi connectivity index (χ1) is 16.1. The third-order valence-electron chi connectivity index (χ3n) is 6.94. The molecule has 9 heteroatoms. The average Bonchev–Trinajstić information content (AvgIpc) is 3.47. The standard InChI is InChI=1S/C25H27Cl4N3O2/c1-31-10-7-18(14-31)32(2)23(33)22(11-15-3-4-16(26)12-20(15)28)30-24(34)25(8-9-25)19-6-5-17(27)13-21(19)29/h3-6,12-13,18,22H,7-11,14H2,1-2H3,(H,30,34)/t18?,22-/m0/s1. The number of halogens is 4. The minimum Gasteiger partial charge on any atom is -0.343 e. The highest BCUT2D eigenvalue weighted by Crippen LogP contribution is 2.51. The molecule has 2 aromatic carbocycles. The monoisotopic (exact) mass is 541 g/mol. The largest absolute Gasteiger partial charge is 0.343 e. The molecule has 4 rings (SSSR count). The summed E-state index contributed by atoms with van der Waals surface area (Å²) in [6.45, 7) is 1.73. The van der Waals surface area contributed by atoms with Gasteiger partial charge in [0, 0.05) is 46.1 Å². The molecule has 0 aromatic heterocycles. The normalized spacial score (nSPS) is 20.1. The second kappa shape index (κ2) is 10.2. The van der Waals surface area contributed by atoms with Crippen LogP contribution in [0.3, 0.4) is 0 Å². The maximum absolute atomic E-state index is 13.6. The Labute approximate surface area is 220 Å². The van der Waals surface area contributed by atoms with E-state index in [4.69, 9.17) is 46.4 Å². The zero-order valence-electron chi connectivity index (χ0n) is 19.1. The van der Waals surface area contributed by atoms with Crippen molar-refractivity contribution in [3.8, 4) is 0 Å². The fourth-order valence-electron chi connectivity index (χ4n) is 4.68. The average molecular weight is 543 g/mol. The Morgan fingerprint density at radius 2 is 1.74 bits per heavy atom. The highest BCUT2D eigenvalue weighted by atomic mass is 35.5. The van der Waals surface area contributed by atoms with Gasteiger partial charge in [-0.1, -0.05) is 58.5 Å². The Kier molecular flexibility index (Phi) is 7.70. The van der Waals surface area contributed by atoms with Crippen molar-refractivity contribution in [2.75, 3.05) is 27.2 Å². The molecule has 0 bridgehead atoms. The molecule has 1 unspecified atom stereocenters. The summed E-state index contributed by atoms with van der Waals surface area (Å²) in [5.74, 6) is -0.352. The van der Waals surface area contributed by atoms with E-state index in [2.05, 4.69) is 10.2 Å². The first-order valence-corrected chi connectivity index (χ1v) is 12.8. The van der Waals surface area contributed by atoms with E-state index in [1.165, 1.54) is 0 Å². The molecule has 0 radical (unpaired) electrons. The van der Waals surface area contributed by atoms with E-state index in [-0.39, 0.29) is 24.3 Å². The number of nitrogens with zero attached hydrogens (tertiary/aromatic N) is 2. The van der Waals surface area contributed by atoms with Gasteiger partial charge in [-0.3, -0.25) is 9.59 Å². The number of hydrogen-bond donors (Lipinski definition) is 1. The summed E-state index contributed by atoms with van der Waals surface area (Å²) in [4.78, 5) is 31.2. The minimum atomic E-state index is -0.773. The van der Waals surface area contributed by atoms with E-state index in [9.17, 15) is 9.59 Å². The van der Waals surface area contributed by atoms with Crippen LogP contribution in [-0.4, -0.2) is 60.9 Å². The molecule has 5 nitrogen and oxygen atoms in total. The van der Waals surface area contributed by atoms with Gasteiger partial charge in [0.25, 0.3) is 0 Å². The number of likely N-dealkylation sites (tertiary alicyclic amines) is 1. The fourth-order valence-corrected chi connectivity index (χ4v) is 5.75. The summed E-state index contributed by atoms with van der Waals surface area (Å²) in [7, 11) is 3.84. The van der Waals surface area contributed by atoms with Gasteiger partial charge in [0.05, 0.1) is 5.41 Å². The lowest BCUT2D eigenvalue weighted by atomic mass is 9.93. The van der Waals surface area contributed by atoms with Crippen LogP contribution in [0.15, 0.2) is 36.4 Å². The predicted molar refractivity (Wildman–Crippen MR) is 138 cm³/mol. The maximum atomic E-state index is 13.6. The molecule has 2 aromatic rings. The highest BCUT2D eigenvalue weighted by Gasteiger charge is 2.53. The Balaban J connectivity index is 1.59. The second-order valence-electron chi connectivity index (χ2n) is 9.33. The summed E-state index contributed by atoms with van der Waals surface area (Å²) in [6.07, 6.45) is 2.47. The van der Waals surface area contributed by atoms with Crippen molar-refractivity contribution < 1.29 is 9.59 Å². The molecule has 2 amide bonds. The predicted octanol–water partition coefficient (Wildman–Crippen LogP) is 5.22. The smallest absolute Gasteiger partial charge is 0.245 e. The van der Waals surface area contributed by atoms with E-state index in [0.29, 0.717) is 32.9 Å². The van der Waals surface area contributed by atoms with Gasteiger partial charge in [-0.25, -0.2) is 0 Å². The molecule has 2 atom stereocenters. The van der Waals surface area contributed by atoms with Crippen molar-refractivity contribution in [1.82, 2.24) is 15.1 Å². The number of hydrogen-bond acceptors (Lipinski definition) is 3. The summed E-state index contributed by atoms with van der Waals surface area (Å²) in [5.41, 5.74) is 0.726. The molecule has 2 aliphatic rings. The molecule has 2 fully saturated rings. The van der Waals surface area contributed by atoms with Crippen molar-refractivity contribution in [3.05, 3.63) is 67.6 Å². The van der Waals surface area contributed by atoms with Crippen LogP contribution in [0.5, 0.6) is 0 Å². The van der Waals surface area contributed by atoms with Gasteiger partial charge < -0.3 is 15.1 Å². The first kappa shape index (κ1) is 25.6. The van der Waals surface area contributed by atoms with Gasteiger partial charge in [0.15, 0.2) is 0 Å². The fraction of sp³-hybridized carbons (Fsp3) is 0.440. The number of benzene rings is 2. The van der Waals surface area contributed by atoms with Crippen molar-refractivity contribution >= 4 is 58.2 Å². The van der Waals surface area contributed by atoms with Gasteiger partial charge in [-0.15, -0.1) is 0 Å². The molecule has 0 spiro atoms. The third kappa shape index (κ3) is 5.34. The van der Waals surface area contributed by atoms with E-state index in [1.807, 2.05) is 7.05 Å². The summed E-state index contributed by atoms with van der Waals surface area (Å²) < 4.78 is 0. The van der Waals surface area contributed by atoms with Crippen LogP contribution in [0.2, 0.25) is 20.1 Å². The zero-order chi connectivity index (χ0) is 24.6. The van der Waals surface area contributed by atoms with E-state index in [1.54, 1.807) is 48.3 Å². The molecule has 1 aliphatic heterocycles. The first-order valence-electron chi connectivity index (χ1n) is 11.3. The number of likely N-dealkylation sites (N-methyl/N-ethyl adjacent to an activating group) is 2. The maximum Gasteiger partial charge on any atom is 0.245 e. The number of nitrogens with one attached hydrogen (secondary N) is 1. The Bertz CT molecular complexity index is 1110. The molecule has 1 aliphatic carbocycles. The van der Waals surface area contributed by atoms with E-state index >= 15 is 0 Å². The molecular weight excluding hydrogens is 516 g/mol. The number of amides is 2. The van der Waals surface area contributed by atoms with E-state index < -0.39 is 11.5 Å². The van der Waals surface area contributed by atoms with Crippen LogP contribution in [0, 0.1) is 0 Å². The molecule has 1 saturated heterocycles. The van der Waals surface area contributed by atoms with Gasteiger partial charge in [-0.2, -0.15) is 0 Å². The SMILES string of the molecule is CN1CCC(N(C)C(=O)[C@H](Cc2ccc(Cl)cc2Cl)NC(=O)C2(c3ccc(Cl)cc3Cl)CC2)C1. The number of carbonyl (C=O) groups excluding carboxylic acids is 2. The summed E-state index contributed by atoms with van der Waals surface area (Å²) >= 11 is 25.0. The van der Waals surface area contributed by atoms with Crippen LogP contribution < -0.4 is 5.32 Å². The third-order valence-corrected chi connectivity index (χ3v) is 8.07. The van der Waals surface area contributed by atoms with Gasteiger partial charge in [-0.05, 0) is 68.2 Å². The van der Waals surface area contributed by atoms with Gasteiger partial charge >= 0.3 is 0 Å². The highest BCUT2D eigenvalue weighted by molar-refractivity contribution is 6.35. The minimum absolute atomic E-state index is 0.0955. The molecular formula is C25H27Cl4N3O2. The van der Waals surface area contributed by atoms with Crippen molar-refractivity contribution in [1.29, 1.82) is 0 Å². The Morgan fingerprint density at radius 3 is 2.29 bits per heavy atom. The molecule has 1 N–H and O–H groups in total. The lowest BCUT2D eigenvalue weighted by Crippen LogP contribution is -2.53. The second-order valence-corrected chi connectivity index (χ2v) is 11.0. The molecule has 1 saturated carbocycles. The Morgan fingerprint density at radius 1 is 1.09 bits per heavy atom. The van der Waals surface area contributed by atoms with Crippen LogP contribution in [0.1, 0.15) is 30.4 Å². The van der Waals surface area contributed by atoms with E-state index in [0.717, 1.165) is 30.6 Å². The van der Waals surface area contributed by atoms with Crippen LogP contribution in [0.25, 0.3) is 0 Å².